The van der Waals surface area contributed by atoms with Crippen LogP contribution in [0.1, 0.15) is 31.6 Å². The summed E-state index contributed by atoms with van der Waals surface area (Å²) in [4.78, 5) is 27.6. The average molecular weight is 348 g/mol. The van der Waals surface area contributed by atoms with Crippen LogP contribution in [0.3, 0.4) is 0 Å². The molecule has 0 atom stereocenters. The van der Waals surface area contributed by atoms with Gasteiger partial charge in [0.15, 0.2) is 0 Å². The molecule has 0 fully saturated rings. The topological polar surface area (TPSA) is 77.0 Å². The summed E-state index contributed by atoms with van der Waals surface area (Å²) in [6.07, 6.45) is 0. The largest absolute Gasteiger partial charge is 0.465 e. The van der Waals surface area contributed by atoms with E-state index < -0.39 is 0 Å². The highest BCUT2D eigenvalue weighted by Crippen LogP contribution is 2.34. The van der Waals surface area contributed by atoms with Gasteiger partial charge >= 0.3 is 5.97 Å². The molecule has 0 radical (unpaired) electrons. The first-order valence-electron chi connectivity index (χ1n) is 7.00. The van der Waals surface area contributed by atoms with Crippen LogP contribution in [0.15, 0.2) is 5.51 Å². The lowest BCUT2D eigenvalue weighted by Crippen LogP contribution is -2.04. The van der Waals surface area contributed by atoms with Gasteiger partial charge in [0.05, 0.1) is 30.2 Å². The maximum absolute atomic E-state index is 11.9. The zero-order chi connectivity index (χ0) is 16.6. The molecule has 0 bridgehead atoms. The molecule has 3 heterocycles. The van der Waals surface area contributed by atoms with Crippen molar-refractivity contribution in [1.82, 2.24) is 15.0 Å². The Morgan fingerprint density at radius 2 is 2.09 bits per heavy atom. The molecule has 0 spiro atoms. The molecule has 3 aromatic heterocycles. The maximum atomic E-state index is 11.9. The predicted molar refractivity (Wildman–Crippen MR) is 92.4 cm³/mol. The molecule has 3 aromatic rings. The molecule has 0 aliphatic heterocycles. The minimum Gasteiger partial charge on any atom is -0.465 e. The van der Waals surface area contributed by atoms with Crippen molar-refractivity contribution in [3.05, 3.63) is 32.3 Å². The minimum absolute atomic E-state index is 0.340. The molecular weight excluding hydrogens is 332 g/mol. The molecule has 6 nitrogen and oxygen atoms in total. The maximum Gasteiger partial charge on any atom is 0.348 e. The summed E-state index contributed by atoms with van der Waals surface area (Å²) in [5.41, 5.74) is 3.69. The molecular formula is C15H16N4O2S2. The highest BCUT2D eigenvalue weighted by Gasteiger charge is 2.20. The number of esters is 1. The Kier molecular flexibility index (Phi) is 4.27. The van der Waals surface area contributed by atoms with E-state index in [-0.39, 0.29) is 5.97 Å². The Morgan fingerprint density at radius 3 is 2.74 bits per heavy atom. The number of methoxy groups -OCH3 is 1. The van der Waals surface area contributed by atoms with Gasteiger partial charge in [0, 0.05) is 4.88 Å². The number of ether oxygens (including phenoxy) is 1. The Balaban J connectivity index is 2.03. The van der Waals surface area contributed by atoms with Gasteiger partial charge in [-0.25, -0.2) is 19.7 Å². The first kappa shape index (κ1) is 15.8. The van der Waals surface area contributed by atoms with Crippen LogP contribution in [0, 0.1) is 20.8 Å². The quantitative estimate of drug-likeness (QED) is 0.728. The SMILES string of the molecule is COC(=O)c1sc2nc(C)nc(NCc3scnc3C)c2c1C. The number of fused-ring (bicyclic) bond motifs is 1. The number of hydrogen-bond acceptors (Lipinski definition) is 8. The number of thiophene rings is 1. The van der Waals surface area contributed by atoms with Gasteiger partial charge in [-0.05, 0) is 26.3 Å². The molecule has 0 amide bonds. The van der Waals surface area contributed by atoms with Crippen molar-refractivity contribution >= 4 is 44.7 Å². The van der Waals surface area contributed by atoms with Crippen LogP contribution in [0.5, 0.6) is 0 Å². The van der Waals surface area contributed by atoms with Crippen molar-refractivity contribution in [2.24, 2.45) is 0 Å². The fourth-order valence-corrected chi connectivity index (χ4v) is 4.18. The van der Waals surface area contributed by atoms with E-state index in [1.54, 1.807) is 11.3 Å². The highest BCUT2D eigenvalue weighted by atomic mass is 32.1. The molecule has 0 saturated carbocycles. The minimum atomic E-state index is -0.340. The van der Waals surface area contributed by atoms with E-state index >= 15 is 0 Å². The molecule has 0 aliphatic rings. The van der Waals surface area contributed by atoms with Crippen LogP contribution in [-0.4, -0.2) is 28.0 Å². The number of anilines is 1. The Morgan fingerprint density at radius 1 is 1.30 bits per heavy atom. The lowest BCUT2D eigenvalue weighted by Gasteiger charge is -2.08. The van der Waals surface area contributed by atoms with Crippen molar-refractivity contribution in [2.75, 3.05) is 12.4 Å². The summed E-state index contributed by atoms with van der Waals surface area (Å²) in [5, 5.41) is 4.23. The van der Waals surface area contributed by atoms with Gasteiger partial charge in [-0.1, -0.05) is 0 Å². The first-order valence-corrected chi connectivity index (χ1v) is 8.69. The molecule has 0 aromatic carbocycles. The third-order valence-electron chi connectivity index (χ3n) is 3.53. The van der Waals surface area contributed by atoms with Gasteiger partial charge in [-0.3, -0.25) is 0 Å². The summed E-state index contributed by atoms with van der Waals surface area (Å²) >= 11 is 2.94. The fourth-order valence-electron chi connectivity index (χ4n) is 2.32. The van der Waals surface area contributed by atoms with Gasteiger partial charge in [-0.2, -0.15) is 0 Å². The zero-order valence-corrected chi connectivity index (χ0v) is 14.9. The van der Waals surface area contributed by atoms with Crippen molar-refractivity contribution < 1.29 is 9.53 Å². The van der Waals surface area contributed by atoms with Crippen LogP contribution in [-0.2, 0) is 11.3 Å². The molecule has 120 valence electrons. The Bertz CT molecular complexity index is 885. The van der Waals surface area contributed by atoms with E-state index in [0.29, 0.717) is 17.2 Å². The zero-order valence-electron chi connectivity index (χ0n) is 13.3. The number of nitrogens with one attached hydrogen (secondary N) is 1. The second-order valence-electron chi connectivity index (χ2n) is 5.06. The van der Waals surface area contributed by atoms with E-state index in [4.69, 9.17) is 4.74 Å². The number of aryl methyl sites for hydroxylation is 3. The van der Waals surface area contributed by atoms with Crippen molar-refractivity contribution in [3.63, 3.8) is 0 Å². The van der Waals surface area contributed by atoms with E-state index in [1.165, 1.54) is 18.4 Å². The number of carbonyl (C=O) groups is 1. The molecule has 23 heavy (non-hydrogen) atoms. The van der Waals surface area contributed by atoms with E-state index in [0.717, 1.165) is 32.2 Å². The number of aromatic nitrogens is 3. The smallest absolute Gasteiger partial charge is 0.348 e. The molecule has 3 rings (SSSR count). The third kappa shape index (κ3) is 2.91. The number of nitrogens with zero attached hydrogens (tertiary/aromatic N) is 3. The van der Waals surface area contributed by atoms with E-state index in [9.17, 15) is 4.79 Å². The number of hydrogen-bond donors (Lipinski definition) is 1. The molecule has 0 unspecified atom stereocenters. The van der Waals surface area contributed by atoms with Gasteiger partial charge < -0.3 is 10.1 Å². The third-order valence-corrected chi connectivity index (χ3v) is 5.63. The van der Waals surface area contributed by atoms with Crippen LogP contribution in [0.2, 0.25) is 0 Å². The van der Waals surface area contributed by atoms with Gasteiger partial charge in [0.25, 0.3) is 0 Å². The fraction of sp³-hybridized carbons (Fsp3) is 0.333. The molecule has 1 N–H and O–H groups in total. The normalized spacial score (nSPS) is 11.0. The molecule has 0 aliphatic carbocycles. The van der Waals surface area contributed by atoms with Gasteiger partial charge in [-0.15, -0.1) is 22.7 Å². The summed E-state index contributed by atoms with van der Waals surface area (Å²) in [6, 6.07) is 0. The van der Waals surface area contributed by atoms with Crippen LogP contribution in [0.25, 0.3) is 10.2 Å². The lowest BCUT2D eigenvalue weighted by molar-refractivity contribution is 0.0605. The lowest BCUT2D eigenvalue weighted by atomic mass is 10.2. The van der Waals surface area contributed by atoms with Crippen LogP contribution < -0.4 is 5.32 Å². The van der Waals surface area contributed by atoms with Crippen LogP contribution in [0.4, 0.5) is 5.82 Å². The summed E-state index contributed by atoms with van der Waals surface area (Å²) < 4.78 is 4.85. The highest BCUT2D eigenvalue weighted by molar-refractivity contribution is 7.20. The van der Waals surface area contributed by atoms with E-state index in [1.807, 2.05) is 26.3 Å². The summed E-state index contributed by atoms with van der Waals surface area (Å²) in [7, 11) is 1.38. The van der Waals surface area contributed by atoms with Crippen molar-refractivity contribution in [3.8, 4) is 0 Å². The van der Waals surface area contributed by atoms with Crippen LogP contribution >= 0.6 is 22.7 Å². The predicted octanol–water partition coefficient (Wildman–Crippen LogP) is 3.47. The van der Waals surface area contributed by atoms with Crippen molar-refractivity contribution in [2.45, 2.75) is 27.3 Å². The summed E-state index contributed by atoms with van der Waals surface area (Å²) in [5.74, 6) is 1.07. The molecule has 8 heteroatoms. The van der Waals surface area contributed by atoms with Gasteiger partial charge in [0.1, 0.15) is 21.3 Å². The Labute approximate surface area is 141 Å². The summed E-state index contributed by atoms with van der Waals surface area (Å²) in [6.45, 7) is 6.37. The first-order chi connectivity index (χ1) is 11.0. The van der Waals surface area contributed by atoms with Crippen molar-refractivity contribution in [1.29, 1.82) is 0 Å². The average Bonchev–Trinajstić information content (AvgIpc) is 3.07. The monoisotopic (exact) mass is 348 g/mol. The standard InChI is InChI=1S/C15H16N4O2S2/c1-7-11-13(16-5-10-8(2)17-6-22-10)18-9(3)19-14(11)23-12(7)15(20)21-4/h6H,5H2,1-4H3,(H,16,18,19). The number of carbonyl (C=O) groups excluding carboxylic acids is 1. The number of rotatable bonds is 4. The second kappa shape index (κ2) is 6.21. The number of thiazole rings is 1. The second-order valence-corrected chi connectivity index (χ2v) is 7.00. The van der Waals surface area contributed by atoms with Gasteiger partial charge in [0.2, 0.25) is 0 Å². The Hall–Kier alpha value is -2.06. The van der Waals surface area contributed by atoms with E-state index in [2.05, 4.69) is 20.3 Å². The molecule has 0 saturated heterocycles.